The highest BCUT2D eigenvalue weighted by atomic mass is 127. The molecule has 11 heteroatoms. The number of esters is 2. The van der Waals surface area contributed by atoms with E-state index in [4.69, 9.17) is 4.74 Å². The van der Waals surface area contributed by atoms with Crippen LogP contribution in [0.3, 0.4) is 0 Å². The molecule has 5 nitrogen and oxygen atoms in total. The number of hydrogen-bond acceptors (Lipinski definition) is 5. The Kier molecular flexibility index (Phi) is 16.9. The molecule has 0 spiro atoms. The van der Waals surface area contributed by atoms with E-state index in [1.54, 1.807) is 50.8 Å². The summed E-state index contributed by atoms with van der Waals surface area (Å²) in [6, 6.07) is 9.61. The summed E-state index contributed by atoms with van der Waals surface area (Å²) in [5, 5.41) is 0. The molecule has 1 aliphatic rings. The van der Waals surface area contributed by atoms with Crippen molar-refractivity contribution in [3.63, 3.8) is 0 Å². The van der Waals surface area contributed by atoms with Gasteiger partial charge in [-0.3, -0.25) is 4.79 Å². The van der Waals surface area contributed by atoms with Crippen LogP contribution in [0.2, 0.25) is 0 Å². The van der Waals surface area contributed by atoms with Crippen molar-refractivity contribution in [3.8, 4) is 0 Å². The minimum atomic E-state index is -1.42. The van der Waals surface area contributed by atoms with Gasteiger partial charge in [-0.1, -0.05) is 12.1 Å². The Bertz CT molecular complexity index is 1120. The molecule has 1 aliphatic carbocycles. The third-order valence-electron chi connectivity index (χ3n) is 4.39. The van der Waals surface area contributed by atoms with Crippen molar-refractivity contribution >= 4 is 59.8 Å². The molecule has 0 radical (unpaired) electrons. The van der Waals surface area contributed by atoms with Gasteiger partial charge in [0.1, 0.15) is 30.4 Å². The zero-order valence-electron chi connectivity index (χ0n) is 21.2. The van der Waals surface area contributed by atoms with Crippen LogP contribution in [0.25, 0.3) is 6.08 Å². The number of benzene rings is 2. The van der Waals surface area contributed by atoms with Gasteiger partial charge in [-0.05, 0) is 99.5 Å². The molecule has 0 aromatic heterocycles. The summed E-state index contributed by atoms with van der Waals surface area (Å²) in [6.45, 7) is 4.24. The van der Waals surface area contributed by atoms with Gasteiger partial charge in [0.15, 0.2) is 0 Å². The van der Waals surface area contributed by atoms with E-state index >= 15 is 0 Å². The molecule has 2 aromatic carbocycles. The summed E-state index contributed by atoms with van der Waals surface area (Å²) in [6.07, 6.45) is 8.69. The summed E-state index contributed by atoms with van der Waals surface area (Å²) in [7, 11) is -1.42. The molecule has 0 amide bonds. The Hall–Kier alpha value is -1.18. The number of carbonyl (C=O) groups is 2. The first kappa shape index (κ1) is 35.8. The Morgan fingerprint density at radius 2 is 1.49 bits per heavy atom. The molecule has 1 unspecified atom stereocenters. The maximum Gasteiger partial charge on any atom is 0.330 e. The molecule has 0 N–H and O–H groups in total. The standard InChI is InChI=1S/C12H12BrFO2.C11H10BrFO2.C3H9OS.HI/c1-2-16-12(15)9-6-8(9)7-3-4-10(13)11(14)5-7;1-2-15-11(14)6-4-8-3-5-9(12)10(13)7-8;1-5(2,3)4;/h3-5,8-9H,2,6H2,1H3;3-7H,2H2,1H3;1-3H3;1H/q;;+1;/p-1/b;6-4+;;/t8?,9-;;;/m1.../s1. The maximum atomic E-state index is 13.3. The van der Waals surface area contributed by atoms with Crippen molar-refractivity contribution in [2.45, 2.75) is 26.2 Å². The molecule has 2 atom stereocenters. The SMILES string of the molecule is CCOC(=O)/C=C/c1ccc(Br)c(F)c1.CCOC(=O)[C@@H]1CC1c1ccc(Br)c(F)c1.C[S+](C)(C)=O.[I-]. The highest BCUT2D eigenvalue weighted by molar-refractivity contribution is 9.10. The topological polar surface area (TPSA) is 69.7 Å². The van der Waals surface area contributed by atoms with Gasteiger partial charge in [-0.2, -0.15) is 0 Å². The van der Waals surface area contributed by atoms with Crippen molar-refractivity contribution in [3.05, 3.63) is 74.2 Å². The lowest BCUT2D eigenvalue weighted by Crippen LogP contribution is -3.00. The lowest BCUT2D eigenvalue weighted by atomic mass is 10.1. The van der Waals surface area contributed by atoms with Crippen LogP contribution in [0.15, 0.2) is 51.4 Å². The first-order valence-electron chi connectivity index (χ1n) is 11.1. The van der Waals surface area contributed by atoms with E-state index in [0.717, 1.165) is 12.0 Å². The molecule has 37 heavy (non-hydrogen) atoms. The molecule has 206 valence electrons. The fraction of sp³-hybridized carbons (Fsp3) is 0.385. The van der Waals surface area contributed by atoms with Gasteiger partial charge in [0.25, 0.3) is 0 Å². The molecule has 3 rings (SSSR count). The summed E-state index contributed by atoms with van der Waals surface area (Å²) in [5.74, 6) is -1.20. The zero-order chi connectivity index (χ0) is 27.5. The zero-order valence-corrected chi connectivity index (χ0v) is 27.4. The highest BCUT2D eigenvalue weighted by Gasteiger charge is 2.45. The molecule has 0 bridgehead atoms. The fourth-order valence-corrected chi connectivity index (χ4v) is 3.28. The fourth-order valence-electron chi connectivity index (χ4n) is 2.79. The molecular weight excluding hydrogens is 749 g/mol. The molecule has 0 heterocycles. The van der Waals surface area contributed by atoms with Gasteiger partial charge < -0.3 is 33.5 Å². The van der Waals surface area contributed by atoms with Crippen molar-refractivity contribution in [2.24, 2.45) is 5.92 Å². The van der Waals surface area contributed by atoms with Gasteiger partial charge in [0.2, 0.25) is 0 Å². The second-order valence-electron chi connectivity index (χ2n) is 8.36. The Balaban J connectivity index is 0.000000582. The van der Waals surface area contributed by atoms with E-state index < -0.39 is 15.9 Å². The number of halogens is 5. The number of hydrogen-bond donors (Lipinski definition) is 0. The molecule has 2 aromatic rings. The van der Waals surface area contributed by atoms with E-state index in [9.17, 15) is 22.6 Å². The van der Waals surface area contributed by atoms with E-state index in [1.807, 2.05) is 6.07 Å². The van der Waals surface area contributed by atoms with Crippen LogP contribution in [0.1, 0.15) is 37.3 Å². The monoisotopic (exact) mass is 778 g/mol. The van der Waals surface area contributed by atoms with Crippen molar-refractivity contribution in [2.75, 3.05) is 32.0 Å². The lowest BCUT2D eigenvalue weighted by Gasteiger charge is -2.02. The average molecular weight is 780 g/mol. The summed E-state index contributed by atoms with van der Waals surface area (Å²) >= 11 is 6.14. The minimum Gasteiger partial charge on any atom is -1.00 e. The van der Waals surface area contributed by atoms with Crippen LogP contribution in [0.4, 0.5) is 8.78 Å². The van der Waals surface area contributed by atoms with Crippen LogP contribution in [-0.2, 0) is 33.2 Å². The van der Waals surface area contributed by atoms with Crippen molar-refractivity contribution in [1.82, 2.24) is 0 Å². The predicted molar refractivity (Wildman–Crippen MR) is 147 cm³/mol. The second-order valence-corrected chi connectivity index (χ2v) is 13.5. The van der Waals surface area contributed by atoms with E-state index in [2.05, 4.69) is 36.6 Å². The van der Waals surface area contributed by atoms with Crippen molar-refractivity contribution < 1.29 is 56.0 Å². The Morgan fingerprint density at radius 3 is 1.97 bits per heavy atom. The van der Waals surface area contributed by atoms with Gasteiger partial charge in [-0.25, -0.2) is 13.6 Å². The van der Waals surface area contributed by atoms with E-state index in [1.165, 1.54) is 24.3 Å². The maximum absolute atomic E-state index is 13.3. The Morgan fingerprint density at radius 1 is 0.973 bits per heavy atom. The smallest absolute Gasteiger partial charge is 0.330 e. The lowest BCUT2D eigenvalue weighted by molar-refractivity contribution is -0.144. The van der Waals surface area contributed by atoms with Gasteiger partial charge in [-0.15, -0.1) is 4.21 Å². The van der Waals surface area contributed by atoms with Crippen LogP contribution in [0, 0.1) is 17.6 Å². The molecular formula is C26H31Br2F2IO5S. The van der Waals surface area contributed by atoms with Gasteiger partial charge in [0, 0.05) is 6.08 Å². The number of carbonyl (C=O) groups excluding carboxylic acids is 2. The number of ether oxygens (including phenoxy) is 2. The minimum absolute atomic E-state index is 0. The molecule has 1 saturated carbocycles. The summed E-state index contributed by atoms with van der Waals surface area (Å²) < 4.78 is 47.0. The number of rotatable bonds is 6. The predicted octanol–water partition coefficient (Wildman–Crippen LogP) is 3.80. The largest absolute Gasteiger partial charge is 1.00 e. The van der Waals surface area contributed by atoms with Crippen LogP contribution < -0.4 is 24.0 Å². The van der Waals surface area contributed by atoms with Crippen LogP contribution in [-0.4, -0.2) is 43.9 Å². The van der Waals surface area contributed by atoms with Crippen molar-refractivity contribution in [1.29, 1.82) is 0 Å². The van der Waals surface area contributed by atoms with Crippen LogP contribution >= 0.6 is 31.9 Å². The third kappa shape index (κ3) is 15.1. The Labute approximate surface area is 252 Å². The summed E-state index contributed by atoms with van der Waals surface area (Å²) in [5.41, 5.74) is 1.49. The molecule has 0 saturated heterocycles. The third-order valence-corrected chi connectivity index (χ3v) is 5.68. The first-order chi connectivity index (χ1) is 16.8. The average Bonchev–Trinajstić information content (AvgIpc) is 3.57. The second kappa shape index (κ2) is 17.4. The highest BCUT2D eigenvalue weighted by Crippen LogP contribution is 2.48. The molecule has 0 aliphatic heterocycles. The molecule has 1 fully saturated rings. The van der Waals surface area contributed by atoms with Gasteiger partial charge in [0.05, 0.1) is 38.0 Å². The summed E-state index contributed by atoms with van der Waals surface area (Å²) in [4.78, 5) is 22.4. The van der Waals surface area contributed by atoms with E-state index in [0.29, 0.717) is 27.7 Å². The van der Waals surface area contributed by atoms with Crippen LogP contribution in [0.5, 0.6) is 0 Å². The van der Waals surface area contributed by atoms with E-state index in [-0.39, 0.29) is 53.4 Å². The normalized spacial score (nSPS) is 15.8. The quantitative estimate of drug-likeness (QED) is 0.193. The first-order valence-corrected chi connectivity index (χ1v) is 15.4. The van der Waals surface area contributed by atoms with Gasteiger partial charge >= 0.3 is 11.9 Å².